The monoisotopic (exact) mass is 240 g/mol. The van der Waals surface area contributed by atoms with E-state index in [4.69, 9.17) is 0 Å². The Labute approximate surface area is 108 Å². The quantitative estimate of drug-likeness (QED) is 0.793. The van der Waals surface area contributed by atoms with E-state index < -0.39 is 0 Å². The molecule has 0 aromatic rings. The summed E-state index contributed by atoms with van der Waals surface area (Å²) < 4.78 is 0. The van der Waals surface area contributed by atoms with Crippen LogP contribution in [0.1, 0.15) is 60.8 Å². The highest BCUT2D eigenvalue weighted by molar-refractivity contribution is 4.84. The van der Waals surface area contributed by atoms with Gasteiger partial charge in [-0.05, 0) is 58.5 Å². The van der Waals surface area contributed by atoms with E-state index in [-0.39, 0.29) is 5.54 Å². The first-order valence-electron chi connectivity index (χ1n) is 7.25. The zero-order valence-electron chi connectivity index (χ0n) is 12.8. The van der Waals surface area contributed by atoms with Crippen LogP contribution in [0.25, 0.3) is 0 Å². The van der Waals surface area contributed by atoms with Crippen LogP contribution < -0.4 is 5.32 Å². The van der Waals surface area contributed by atoms with Gasteiger partial charge in [-0.15, -0.1) is 0 Å². The molecular weight excluding hydrogens is 208 g/mol. The molecule has 1 unspecified atom stereocenters. The highest BCUT2D eigenvalue weighted by atomic mass is 15.2. The highest BCUT2D eigenvalue weighted by Crippen LogP contribution is 2.30. The minimum absolute atomic E-state index is 0.281. The molecule has 1 fully saturated rings. The molecule has 1 aliphatic heterocycles. The van der Waals surface area contributed by atoms with Gasteiger partial charge in [0.2, 0.25) is 0 Å². The molecule has 0 bridgehead atoms. The van der Waals surface area contributed by atoms with Crippen molar-refractivity contribution in [1.29, 1.82) is 0 Å². The second-order valence-electron chi connectivity index (χ2n) is 7.17. The summed E-state index contributed by atoms with van der Waals surface area (Å²) in [5, 5.41) is 3.68. The number of piperidine rings is 1. The highest BCUT2D eigenvalue weighted by Gasteiger charge is 2.28. The van der Waals surface area contributed by atoms with Crippen LogP contribution >= 0.6 is 0 Å². The van der Waals surface area contributed by atoms with Gasteiger partial charge in [-0.1, -0.05) is 20.8 Å². The summed E-state index contributed by atoms with van der Waals surface area (Å²) in [4.78, 5) is 2.64. The van der Waals surface area contributed by atoms with Gasteiger partial charge in [-0.25, -0.2) is 0 Å². The largest absolute Gasteiger partial charge is 0.310 e. The van der Waals surface area contributed by atoms with Crippen molar-refractivity contribution in [3.05, 3.63) is 0 Å². The van der Waals surface area contributed by atoms with Gasteiger partial charge in [-0.3, -0.25) is 4.90 Å². The number of hydrogen-bond donors (Lipinski definition) is 1. The molecule has 1 aliphatic rings. The summed E-state index contributed by atoms with van der Waals surface area (Å²) in [5.41, 5.74) is 0.843. The predicted molar refractivity (Wildman–Crippen MR) is 76.4 cm³/mol. The summed E-state index contributed by atoms with van der Waals surface area (Å²) in [6, 6.07) is 0.664. The Hall–Kier alpha value is -0.0800. The van der Waals surface area contributed by atoms with Gasteiger partial charge >= 0.3 is 0 Å². The first-order valence-corrected chi connectivity index (χ1v) is 7.25. The number of likely N-dealkylation sites (tertiary alicyclic amines) is 1. The van der Waals surface area contributed by atoms with Crippen molar-refractivity contribution in [2.24, 2.45) is 5.41 Å². The molecule has 1 atom stereocenters. The lowest BCUT2D eigenvalue weighted by atomic mass is 9.82. The van der Waals surface area contributed by atoms with Crippen molar-refractivity contribution < 1.29 is 0 Å². The van der Waals surface area contributed by atoms with Crippen molar-refractivity contribution in [3.63, 3.8) is 0 Å². The molecule has 1 heterocycles. The van der Waals surface area contributed by atoms with Crippen LogP contribution in [0, 0.1) is 5.41 Å². The van der Waals surface area contributed by atoms with Crippen LogP contribution in [0.15, 0.2) is 0 Å². The number of nitrogens with one attached hydrogen (secondary N) is 1. The fourth-order valence-electron chi connectivity index (χ4n) is 2.25. The maximum Gasteiger partial charge on any atom is 0.0192 e. The molecule has 0 aliphatic carbocycles. The summed E-state index contributed by atoms with van der Waals surface area (Å²) >= 11 is 0. The number of rotatable bonds is 5. The third kappa shape index (κ3) is 4.97. The van der Waals surface area contributed by atoms with Gasteiger partial charge in [0, 0.05) is 18.1 Å². The van der Waals surface area contributed by atoms with Crippen LogP contribution in [-0.2, 0) is 0 Å². The Morgan fingerprint density at radius 1 is 1.24 bits per heavy atom. The molecule has 2 nitrogen and oxygen atoms in total. The smallest absolute Gasteiger partial charge is 0.0192 e. The lowest BCUT2D eigenvalue weighted by Crippen LogP contribution is -2.50. The minimum atomic E-state index is 0.281. The zero-order chi connectivity index (χ0) is 13.1. The topological polar surface area (TPSA) is 15.3 Å². The molecule has 1 saturated heterocycles. The average molecular weight is 240 g/mol. The molecule has 0 saturated carbocycles. The molecule has 0 spiro atoms. The Morgan fingerprint density at radius 3 is 2.24 bits per heavy atom. The Balaban J connectivity index is 2.32. The van der Waals surface area contributed by atoms with Crippen LogP contribution in [-0.4, -0.2) is 36.1 Å². The van der Waals surface area contributed by atoms with Gasteiger partial charge in [0.1, 0.15) is 0 Å². The van der Waals surface area contributed by atoms with Gasteiger partial charge in [-0.2, -0.15) is 0 Å². The third-order valence-corrected chi connectivity index (χ3v) is 4.53. The fraction of sp³-hybridized carbons (Fsp3) is 1.00. The van der Waals surface area contributed by atoms with E-state index in [1.54, 1.807) is 0 Å². The molecule has 0 aromatic heterocycles. The van der Waals surface area contributed by atoms with Crippen molar-refractivity contribution in [3.8, 4) is 0 Å². The average Bonchev–Trinajstić information content (AvgIpc) is 2.26. The van der Waals surface area contributed by atoms with Crippen LogP contribution in [0.3, 0.4) is 0 Å². The van der Waals surface area contributed by atoms with Crippen LogP contribution in [0.5, 0.6) is 0 Å². The molecule has 1 N–H and O–H groups in total. The first-order chi connectivity index (χ1) is 7.76. The van der Waals surface area contributed by atoms with Gasteiger partial charge in [0.05, 0.1) is 0 Å². The normalized spacial score (nSPS) is 23.6. The second-order valence-corrected chi connectivity index (χ2v) is 7.17. The van der Waals surface area contributed by atoms with Crippen LogP contribution in [0.4, 0.5) is 0 Å². The van der Waals surface area contributed by atoms with E-state index in [9.17, 15) is 0 Å². The Kier molecular flexibility index (Phi) is 5.03. The van der Waals surface area contributed by atoms with Crippen molar-refractivity contribution in [2.75, 3.05) is 19.6 Å². The summed E-state index contributed by atoms with van der Waals surface area (Å²) in [5.74, 6) is 0. The van der Waals surface area contributed by atoms with E-state index >= 15 is 0 Å². The van der Waals surface area contributed by atoms with E-state index in [2.05, 4.69) is 51.8 Å². The molecule has 2 heteroatoms. The van der Waals surface area contributed by atoms with E-state index in [1.807, 2.05) is 0 Å². The predicted octanol–water partition coefficient (Wildman–Crippen LogP) is 3.28. The minimum Gasteiger partial charge on any atom is -0.310 e. The Morgan fingerprint density at radius 2 is 1.76 bits per heavy atom. The Bertz CT molecular complexity index is 223. The van der Waals surface area contributed by atoms with Gasteiger partial charge < -0.3 is 5.32 Å². The third-order valence-electron chi connectivity index (χ3n) is 4.53. The van der Waals surface area contributed by atoms with Crippen molar-refractivity contribution in [1.82, 2.24) is 10.2 Å². The van der Waals surface area contributed by atoms with E-state index in [1.165, 1.54) is 32.4 Å². The lowest BCUT2D eigenvalue weighted by molar-refractivity contribution is 0.0962. The van der Waals surface area contributed by atoms with E-state index in [0.29, 0.717) is 11.5 Å². The van der Waals surface area contributed by atoms with Crippen molar-refractivity contribution in [2.45, 2.75) is 72.4 Å². The summed E-state index contributed by atoms with van der Waals surface area (Å²) in [6.07, 6.45) is 3.87. The first kappa shape index (κ1) is 15.0. The maximum absolute atomic E-state index is 3.68. The summed E-state index contributed by atoms with van der Waals surface area (Å²) in [7, 11) is 0. The molecule has 0 radical (unpaired) electrons. The number of nitrogens with zero attached hydrogens (tertiary/aromatic N) is 1. The van der Waals surface area contributed by atoms with E-state index in [0.717, 1.165) is 6.54 Å². The second kappa shape index (κ2) is 5.71. The van der Waals surface area contributed by atoms with Crippen LogP contribution in [0.2, 0.25) is 0 Å². The fourth-order valence-corrected chi connectivity index (χ4v) is 2.25. The zero-order valence-corrected chi connectivity index (χ0v) is 12.8. The molecule has 102 valence electrons. The molecular formula is C15H32N2. The van der Waals surface area contributed by atoms with Crippen molar-refractivity contribution >= 4 is 0 Å². The van der Waals surface area contributed by atoms with Gasteiger partial charge in [0.25, 0.3) is 0 Å². The SMILES string of the molecule is CCC(C)(C)NCC(C)N1CCC(C)(C)CC1. The van der Waals surface area contributed by atoms with Gasteiger partial charge in [0.15, 0.2) is 0 Å². The number of hydrogen-bond acceptors (Lipinski definition) is 2. The summed E-state index contributed by atoms with van der Waals surface area (Å²) in [6.45, 7) is 17.6. The molecule has 17 heavy (non-hydrogen) atoms. The lowest BCUT2D eigenvalue weighted by Gasteiger charge is -2.41. The molecule has 1 rings (SSSR count). The molecule has 0 aromatic carbocycles. The maximum atomic E-state index is 3.68. The molecule has 0 amide bonds. The standard InChI is InChI=1S/C15H32N2/c1-7-15(5,6)16-12-13(2)17-10-8-14(3,4)9-11-17/h13,16H,7-12H2,1-6H3.